The van der Waals surface area contributed by atoms with Crippen molar-refractivity contribution in [1.82, 2.24) is 4.90 Å². The molecule has 0 atom stereocenters. The van der Waals surface area contributed by atoms with E-state index >= 15 is 0 Å². The van der Waals surface area contributed by atoms with Crippen LogP contribution in [0.2, 0.25) is 0 Å². The van der Waals surface area contributed by atoms with Crippen LogP contribution in [-0.2, 0) is 0 Å². The summed E-state index contributed by atoms with van der Waals surface area (Å²) >= 11 is 0. The first-order valence-corrected chi connectivity index (χ1v) is 5.45. The van der Waals surface area contributed by atoms with Crippen LogP contribution in [0, 0.1) is 17.5 Å². The first-order valence-electron chi connectivity index (χ1n) is 5.45. The van der Waals surface area contributed by atoms with Crippen LogP contribution in [0.25, 0.3) is 0 Å². The average molecular weight is 257 g/mol. The van der Waals surface area contributed by atoms with E-state index < -0.39 is 23.4 Å². The Morgan fingerprint density at radius 1 is 1.28 bits per heavy atom. The van der Waals surface area contributed by atoms with E-state index in [1.54, 1.807) is 13.8 Å². The molecule has 0 saturated heterocycles. The molecule has 0 bridgehead atoms. The summed E-state index contributed by atoms with van der Waals surface area (Å²) in [6.07, 6.45) is 0. The number of halogens is 3. The molecule has 0 aromatic heterocycles. The van der Waals surface area contributed by atoms with Crippen LogP contribution in [0.15, 0.2) is 24.3 Å². The number of nitrogens with zero attached hydrogens (tertiary/aromatic N) is 1. The summed E-state index contributed by atoms with van der Waals surface area (Å²) in [5.41, 5.74) is 0.530. The van der Waals surface area contributed by atoms with E-state index in [1.165, 1.54) is 4.90 Å². The number of likely N-dealkylation sites (N-methyl/N-ethyl adjacent to an activating group) is 1. The van der Waals surface area contributed by atoms with Crippen molar-refractivity contribution in [2.75, 3.05) is 13.1 Å². The molecule has 0 heterocycles. The highest BCUT2D eigenvalue weighted by molar-refractivity contribution is 5.94. The van der Waals surface area contributed by atoms with Gasteiger partial charge in [0.1, 0.15) is 0 Å². The Labute approximate surface area is 104 Å². The molecule has 1 aromatic rings. The predicted molar refractivity (Wildman–Crippen MR) is 62.7 cm³/mol. The van der Waals surface area contributed by atoms with Crippen molar-refractivity contribution in [3.05, 3.63) is 47.3 Å². The quantitative estimate of drug-likeness (QED) is 0.599. The summed E-state index contributed by atoms with van der Waals surface area (Å²) in [7, 11) is 0. The van der Waals surface area contributed by atoms with Crippen molar-refractivity contribution in [3.8, 4) is 0 Å². The van der Waals surface area contributed by atoms with Gasteiger partial charge in [-0.15, -0.1) is 0 Å². The maximum absolute atomic E-state index is 13.0. The standard InChI is InChI=1S/C13H14F3NO/c1-4-17(7-8(2)3)13(18)9-5-10(14)12(16)11(15)6-9/h5-6H,2,4,7H2,1,3H3. The molecule has 0 aliphatic heterocycles. The lowest BCUT2D eigenvalue weighted by Gasteiger charge is -2.21. The highest BCUT2D eigenvalue weighted by Crippen LogP contribution is 2.15. The second-order valence-electron chi connectivity index (χ2n) is 4.03. The first kappa shape index (κ1) is 14.3. The number of benzene rings is 1. The van der Waals surface area contributed by atoms with Crippen molar-refractivity contribution >= 4 is 5.91 Å². The summed E-state index contributed by atoms with van der Waals surface area (Å²) in [5.74, 6) is -4.87. The van der Waals surface area contributed by atoms with E-state index in [-0.39, 0.29) is 12.1 Å². The van der Waals surface area contributed by atoms with Crippen LogP contribution < -0.4 is 0 Å². The molecule has 18 heavy (non-hydrogen) atoms. The van der Waals surface area contributed by atoms with Crippen LogP contribution in [0.5, 0.6) is 0 Å². The molecule has 0 fully saturated rings. The minimum atomic E-state index is -1.57. The fourth-order valence-electron chi connectivity index (χ4n) is 1.51. The fourth-order valence-corrected chi connectivity index (χ4v) is 1.51. The zero-order valence-electron chi connectivity index (χ0n) is 10.3. The van der Waals surface area contributed by atoms with Crippen molar-refractivity contribution in [3.63, 3.8) is 0 Å². The second kappa shape index (κ2) is 5.71. The Morgan fingerprint density at radius 2 is 1.78 bits per heavy atom. The molecule has 0 aliphatic rings. The third kappa shape index (κ3) is 3.12. The molecule has 98 valence electrons. The molecule has 0 radical (unpaired) electrons. The Balaban J connectivity index is 3.06. The summed E-state index contributed by atoms with van der Waals surface area (Å²) in [6, 6.07) is 1.39. The Bertz CT molecular complexity index is 462. The van der Waals surface area contributed by atoms with Crippen LogP contribution >= 0.6 is 0 Å². The number of rotatable bonds is 4. The third-order valence-corrected chi connectivity index (χ3v) is 2.36. The lowest BCUT2D eigenvalue weighted by atomic mass is 10.1. The van der Waals surface area contributed by atoms with Crippen molar-refractivity contribution < 1.29 is 18.0 Å². The monoisotopic (exact) mass is 257 g/mol. The number of carbonyl (C=O) groups excluding carboxylic acids is 1. The van der Waals surface area contributed by atoms with Crippen LogP contribution in [0.4, 0.5) is 13.2 Å². The Hall–Kier alpha value is -1.78. The molecule has 0 N–H and O–H groups in total. The zero-order valence-corrected chi connectivity index (χ0v) is 10.3. The van der Waals surface area contributed by atoms with E-state index in [0.29, 0.717) is 18.7 Å². The van der Waals surface area contributed by atoms with E-state index in [1.807, 2.05) is 0 Å². The van der Waals surface area contributed by atoms with Gasteiger partial charge in [0.15, 0.2) is 17.5 Å². The molecular weight excluding hydrogens is 243 g/mol. The van der Waals surface area contributed by atoms with Gasteiger partial charge in [-0.05, 0) is 26.0 Å². The molecular formula is C13H14F3NO. The zero-order chi connectivity index (χ0) is 13.9. The second-order valence-corrected chi connectivity index (χ2v) is 4.03. The van der Waals surface area contributed by atoms with Gasteiger partial charge in [0, 0.05) is 18.7 Å². The van der Waals surface area contributed by atoms with Gasteiger partial charge in [-0.3, -0.25) is 4.79 Å². The fraction of sp³-hybridized carbons (Fsp3) is 0.308. The predicted octanol–water partition coefficient (Wildman–Crippen LogP) is 3.14. The van der Waals surface area contributed by atoms with E-state index in [9.17, 15) is 18.0 Å². The summed E-state index contributed by atoms with van der Waals surface area (Å²) < 4.78 is 38.8. The maximum atomic E-state index is 13.0. The highest BCUT2D eigenvalue weighted by Gasteiger charge is 2.19. The molecule has 1 aromatic carbocycles. The van der Waals surface area contributed by atoms with Crippen molar-refractivity contribution in [2.45, 2.75) is 13.8 Å². The number of hydrogen-bond donors (Lipinski definition) is 0. The number of amides is 1. The van der Waals surface area contributed by atoms with Crippen LogP contribution in [-0.4, -0.2) is 23.9 Å². The first-order chi connectivity index (χ1) is 8.36. The summed E-state index contributed by atoms with van der Waals surface area (Å²) in [5, 5.41) is 0. The smallest absolute Gasteiger partial charge is 0.254 e. The molecule has 5 heteroatoms. The minimum Gasteiger partial charge on any atom is -0.335 e. The van der Waals surface area contributed by atoms with Gasteiger partial charge in [-0.2, -0.15) is 0 Å². The van der Waals surface area contributed by atoms with Gasteiger partial charge in [0.2, 0.25) is 0 Å². The molecule has 0 saturated carbocycles. The lowest BCUT2D eigenvalue weighted by molar-refractivity contribution is 0.0777. The molecule has 2 nitrogen and oxygen atoms in total. The van der Waals surface area contributed by atoms with Crippen LogP contribution in [0.1, 0.15) is 24.2 Å². The van der Waals surface area contributed by atoms with Gasteiger partial charge in [0.05, 0.1) is 0 Å². The van der Waals surface area contributed by atoms with Gasteiger partial charge < -0.3 is 4.90 Å². The topological polar surface area (TPSA) is 20.3 Å². The molecule has 0 unspecified atom stereocenters. The number of hydrogen-bond acceptors (Lipinski definition) is 1. The summed E-state index contributed by atoms with van der Waals surface area (Å²) in [6.45, 7) is 7.79. The third-order valence-electron chi connectivity index (χ3n) is 2.36. The van der Waals surface area contributed by atoms with Crippen LogP contribution in [0.3, 0.4) is 0 Å². The summed E-state index contributed by atoms with van der Waals surface area (Å²) in [4.78, 5) is 13.3. The van der Waals surface area contributed by atoms with Crippen molar-refractivity contribution in [1.29, 1.82) is 0 Å². The SMILES string of the molecule is C=C(C)CN(CC)C(=O)c1cc(F)c(F)c(F)c1. The van der Waals surface area contributed by atoms with E-state index in [2.05, 4.69) is 6.58 Å². The highest BCUT2D eigenvalue weighted by atomic mass is 19.2. The largest absolute Gasteiger partial charge is 0.335 e. The molecule has 0 spiro atoms. The molecule has 1 amide bonds. The minimum absolute atomic E-state index is 0.213. The van der Waals surface area contributed by atoms with Gasteiger partial charge >= 0.3 is 0 Å². The normalized spacial score (nSPS) is 10.3. The lowest BCUT2D eigenvalue weighted by Crippen LogP contribution is -2.32. The van der Waals surface area contributed by atoms with Gasteiger partial charge in [-0.1, -0.05) is 12.2 Å². The average Bonchev–Trinajstić information content (AvgIpc) is 2.31. The number of carbonyl (C=O) groups is 1. The van der Waals surface area contributed by atoms with Gasteiger partial charge in [0.25, 0.3) is 5.91 Å². The maximum Gasteiger partial charge on any atom is 0.254 e. The van der Waals surface area contributed by atoms with Crippen molar-refractivity contribution in [2.24, 2.45) is 0 Å². The Morgan fingerprint density at radius 3 is 2.17 bits per heavy atom. The van der Waals surface area contributed by atoms with E-state index in [0.717, 1.165) is 5.57 Å². The van der Waals surface area contributed by atoms with Gasteiger partial charge in [-0.25, -0.2) is 13.2 Å². The molecule has 1 rings (SSSR count). The van der Waals surface area contributed by atoms with E-state index in [4.69, 9.17) is 0 Å². The molecule has 0 aliphatic carbocycles. The Kier molecular flexibility index (Phi) is 4.53.